The van der Waals surface area contributed by atoms with Crippen molar-refractivity contribution in [3.63, 3.8) is 0 Å². The van der Waals surface area contributed by atoms with Crippen molar-refractivity contribution in [2.75, 3.05) is 6.61 Å². The summed E-state index contributed by atoms with van der Waals surface area (Å²) < 4.78 is 6.22. The molecule has 0 saturated carbocycles. The highest BCUT2D eigenvalue weighted by Crippen LogP contribution is 2.36. The third-order valence-electron chi connectivity index (χ3n) is 4.32. The van der Waals surface area contributed by atoms with Gasteiger partial charge in [0.1, 0.15) is 0 Å². The van der Waals surface area contributed by atoms with Gasteiger partial charge in [0.15, 0.2) is 8.32 Å². The van der Waals surface area contributed by atoms with E-state index in [1.807, 2.05) is 6.20 Å². The molecule has 0 aliphatic heterocycles. The minimum absolute atomic E-state index is 0.300. The Balaban J connectivity index is 2.44. The third-order valence-corrected chi connectivity index (χ3v) is 8.85. The second kappa shape index (κ2) is 6.86. The summed E-state index contributed by atoms with van der Waals surface area (Å²) in [7, 11) is -1.58. The number of nitrogens with zero attached hydrogens (tertiary/aromatic N) is 1. The van der Waals surface area contributed by atoms with Crippen molar-refractivity contribution in [1.29, 1.82) is 0 Å². The van der Waals surface area contributed by atoms with Crippen LogP contribution < -0.4 is 0 Å². The summed E-state index contributed by atoms with van der Waals surface area (Å²) in [4.78, 5) is 4.41. The lowest BCUT2D eigenvalue weighted by atomic mass is 10.1. The first-order valence-corrected chi connectivity index (χ1v) is 10.6. The molecule has 1 aromatic rings. The predicted molar refractivity (Wildman–Crippen MR) is 89.8 cm³/mol. The van der Waals surface area contributed by atoms with Gasteiger partial charge in [-0.2, -0.15) is 0 Å². The monoisotopic (exact) mass is 293 g/mol. The van der Waals surface area contributed by atoms with Crippen LogP contribution in [0.3, 0.4) is 0 Å². The summed E-state index contributed by atoms with van der Waals surface area (Å²) in [5.41, 5.74) is 2.57. The van der Waals surface area contributed by atoms with Crippen molar-refractivity contribution in [3.05, 3.63) is 29.6 Å². The Morgan fingerprint density at radius 1 is 1.25 bits per heavy atom. The van der Waals surface area contributed by atoms with Gasteiger partial charge in [0.05, 0.1) is 0 Å². The summed E-state index contributed by atoms with van der Waals surface area (Å²) in [5.74, 6) is 0.499. The molecule has 0 bridgehead atoms. The molecule has 0 N–H and O–H groups in total. The van der Waals surface area contributed by atoms with E-state index in [4.69, 9.17) is 4.43 Å². The van der Waals surface area contributed by atoms with Gasteiger partial charge in [0.25, 0.3) is 0 Å². The lowest BCUT2D eigenvalue weighted by Crippen LogP contribution is -2.41. The Hall–Kier alpha value is -0.673. The Morgan fingerprint density at radius 3 is 2.45 bits per heavy atom. The second-order valence-corrected chi connectivity index (χ2v) is 12.3. The number of aromatic nitrogens is 1. The van der Waals surface area contributed by atoms with E-state index in [9.17, 15) is 0 Å². The first-order valence-electron chi connectivity index (χ1n) is 7.72. The van der Waals surface area contributed by atoms with Gasteiger partial charge in [-0.05, 0) is 54.6 Å². The Kier molecular flexibility index (Phi) is 5.96. The fourth-order valence-corrected chi connectivity index (χ4v) is 2.87. The van der Waals surface area contributed by atoms with Gasteiger partial charge in [-0.3, -0.25) is 4.98 Å². The van der Waals surface area contributed by atoms with Crippen molar-refractivity contribution < 1.29 is 4.43 Å². The lowest BCUT2D eigenvalue weighted by Gasteiger charge is -2.36. The molecule has 0 radical (unpaired) electrons. The highest BCUT2D eigenvalue weighted by Gasteiger charge is 2.36. The number of hydrogen-bond donors (Lipinski definition) is 0. The van der Waals surface area contributed by atoms with E-state index in [1.165, 1.54) is 11.3 Å². The molecule has 1 heterocycles. The van der Waals surface area contributed by atoms with Crippen LogP contribution in [0.5, 0.6) is 0 Å². The fraction of sp³-hybridized carbons (Fsp3) is 0.706. The minimum Gasteiger partial charge on any atom is -0.417 e. The minimum atomic E-state index is -1.58. The molecule has 1 aromatic heterocycles. The highest BCUT2D eigenvalue weighted by atomic mass is 28.4. The normalized spacial score (nSPS) is 13.0. The van der Waals surface area contributed by atoms with Crippen LogP contribution in [0, 0.1) is 0 Å². The summed E-state index contributed by atoms with van der Waals surface area (Å²) in [5, 5.41) is 0.300. The Labute approximate surface area is 126 Å². The Morgan fingerprint density at radius 2 is 1.90 bits per heavy atom. The Bertz CT molecular complexity index is 421. The van der Waals surface area contributed by atoms with Crippen molar-refractivity contribution in [2.45, 2.75) is 71.5 Å². The van der Waals surface area contributed by atoms with E-state index in [1.54, 1.807) is 0 Å². The summed E-state index contributed by atoms with van der Waals surface area (Å²) >= 11 is 0. The zero-order chi connectivity index (χ0) is 15.4. The maximum absolute atomic E-state index is 6.22. The quantitative estimate of drug-likeness (QED) is 0.534. The molecular formula is C17H31NOSi. The maximum Gasteiger partial charge on any atom is 0.191 e. The van der Waals surface area contributed by atoms with Crippen LogP contribution in [0.1, 0.15) is 58.2 Å². The van der Waals surface area contributed by atoms with E-state index >= 15 is 0 Å². The summed E-state index contributed by atoms with van der Waals surface area (Å²) in [6.45, 7) is 16.7. The zero-order valence-electron chi connectivity index (χ0n) is 14.3. The number of hydrogen-bond acceptors (Lipinski definition) is 2. The molecule has 0 saturated heterocycles. The SMILES string of the molecule is CC(C)c1cc(CCCO[Si](C)(C)C(C)(C)C)ccn1. The molecule has 0 amide bonds. The largest absolute Gasteiger partial charge is 0.417 e. The van der Waals surface area contributed by atoms with E-state index in [-0.39, 0.29) is 0 Å². The lowest BCUT2D eigenvalue weighted by molar-refractivity contribution is 0.282. The van der Waals surface area contributed by atoms with Gasteiger partial charge < -0.3 is 4.43 Å². The topological polar surface area (TPSA) is 22.1 Å². The smallest absolute Gasteiger partial charge is 0.191 e. The van der Waals surface area contributed by atoms with Crippen molar-refractivity contribution in [2.24, 2.45) is 0 Å². The molecule has 1 rings (SSSR count). The van der Waals surface area contributed by atoms with Crippen LogP contribution in [0.4, 0.5) is 0 Å². The standard InChI is InChI=1S/C17H31NOSi/c1-14(2)16-13-15(10-11-18-16)9-8-12-19-20(6,7)17(3,4)5/h10-11,13-14H,8-9,12H2,1-7H3. The van der Waals surface area contributed by atoms with Crippen LogP contribution >= 0.6 is 0 Å². The van der Waals surface area contributed by atoms with Crippen LogP contribution in [0.2, 0.25) is 18.1 Å². The van der Waals surface area contributed by atoms with Crippen LogP contribution in [-0.4, -0.2) is 19.9 Å². The second-order valence-electron chi connectivity index (χ2n) is 7.46. The fourth-order valence-electron chi connectivity index (χ4n) is 1.79. The summed E-state index contributed by atoms with van der Waals surface area (Å²) in [6, 6.07) is 4.36. The average molecular weight is 294 g/mol. The van der Waals surface area contributed by atoms with Gasteiger partial charge in [-0.25, -0.2) is 0 Å². The molecule has 0 unspecified atom stereocenters. The average Bonchev–Trinajstić information content (AvgIpc) is 2.33. The molecular weight excluding hydrogens is 262 g/mol. The van der Waals surface area contributed by atoms with E-state index in [0.29, 0.717) is 11.0 Å². The van der Waals surface area contributed by atoms with E-state index in [2.05, 4.69) is 64.8 Å². The van der Waals surface area contributed by atoms with E-state index < -0.39 is 8.32 Å². The molecule has 0 spiro atoms. The van der Waals surface area contributed by atoms with Crippen molar-refractivity contribution >= 4 is 8.32 Å². The maximum atomic E-state index is 6.22. The van der Waals surface area contributed by atoms with Crippen LogP contribution in [0.25, 0.3) is 0 Å². The molecule has 114 valence electrons. The molecule has 0 fully saturated rings. The van der Waals surface area contributed by atoms with Crippen molar-refractivity contribution in [1.82, 2.24) is 4.98 Å². The van der Waals surface area contributed by atoms with Gasteiger partial charge >= 0.3 is 0 Å². The highest BCUT2D eigenvalue weighted by molar-refractivity contribution is 6.74. The van der Waals surface area contributed by atoms with Crippen LogP contribution in [0.15, 0.2) is 18.3 Å². The predicted octanol–water partition coefficient (Wildman–Crippen LogP) is 5.16. The molecule has 2 nitrogen and oxygen atoms in total. The summed E-state index contributed by atoms with van der Waals surface area (Å²) in [6.07, 6.45) is 4.10. The number of pyridine rings is 1. The molecule has 0 aliphatic carbocycles. The molecule has 0 atom stereocenters. The first kappa shape index (κ1) is 17.4. The van der Waals surface area contributed by atoms with Gasteiger partial charge in [0, 0.05) is 18.5 Å². The van der Waals surface area contributed by atoms with Gasteiger partial charge in [-0.1, -0.05) is 34.6 Å². The van der Waals surface area contributed by atoms with Gasteiger partial charge in [-0.15, -0.1) is 0 Å². The number of rotatable bonds is 6. The number of aryl methyl sites for hydroxylation is 1. The van der Waals surface area contributed by atoms with Crippen molar-refractivity contribution in [3.8, 4) is 0 Å². The van der Waals surface area contributed by atoms with E-state index in [0.717, 1.165) is 19.4 Å². The molecule has 0 aromatic carbocycles. The third kappa shape index (κ3) is 5.02. The molecule has 0 aliphatic rings. The zero-order valence-corrected chi connectivity index (χ0v) is 15.3. The first-order chi connectivity index (χ1) is 9.13. The molecule has 20 heavy (non-hydrogen) atoms. The molecule has 3 heteroatoms. The van der Waals surface area contributed by atoms with Gasteiger partial charge in [0.2, 0.25) is 0 Å². The van der Waals surface area contributed by atoms with Crippen LogP contribution in [-0.2, 0) is 10.8 Å².